The van der Waals surface area contributed by atoms with Gasteiger partial charge < -0.3 is 5.73 Å². The number of halogens is 1. The average Bonchev–Trinajstić information content (AvgIpc) is 2.66. The number of hydrogen-bond donors (Lipinski definition) is 1. The molecule has 3 nitrogen and oxygen atoms in total. The highest BCUT2D eigenvalue weighted by molar-refractivity contribution is 5.42. The van der Waals surface area contributed by atoms with E-state index in [-0.39, 0.29) is 12.4 Å². The smallest absolute Gasteiger partial charge is 0.124 e. The van der Waals surface area contributed by atoms with E-state index in [4.69, 9.17) is 5.73 Å². The predicted octanol–water partition coefficient (Wildman–Crippen LogP) is 2.31. The van der Waals surface area contributed by atoms with Crippen LogP contribution in [0.1, 0.15) is 28.1 Å². The van der Waals surface area contributed by atoms with E-state index < -0.39 is 0 Å². The van der Waals surface area contributed by atoms with Crippen molar-refractivity contribution >= 4 is 0 Å². The van der Waals surface area contributed by atoms with Gasteiger partial charge in [-0.25, -0.2) is 4.39 Å². The summed E-state index contributed by atoms with van der Waals surface area (Å²) in [4.78, 5) is 0. The second-order valence-corrected chi connectivity index (χ2v) is 4.76. The topological polar surface area (TPSA) is 43.8 Å². The Kier molecular flexibility index (Phi) is 4.21. The van der Waals surface area contributed by atoms with Crippen LogP contribution >= 0.6 is 0 Å². The highest BCUT2D eigenvalue weighted by Gasteiger charge is 2.09. The number of nitrogens with zero attached hydrogens (tertiary/aromatic N) is 2. The molecule has 0 saturated carbocycles. The molecule has 1 heterocycles. The largest absolute Gasteiger partial charge is 0.320 e. The molecule has 1 aromatic heterocycles. The van der Waals surface area contributed by atoms with Gasteiger partial charge in [-0.2, -0.15) is 5.10 Å². The van der Waals surface area contributed by atoms with Crippen molar-refractivity contribution in [1.82, 2.24) is 9.78 Å². The van der Waals surface area contributed by atoms with Crippen molar-refractivity contribution in [3.05, 3.63) is 52.1 Å². The van der Waals surface area contributed by atoms with Gasteiger partial charge in [-0.15, -0.1) is 0 Å². The zero-order chi connectivity index (χ0) is 14.7. The number of benzene rings is 1. The molecule has 0 unspecified atom stereocenters. The van der Waals surface area contributed by atoms with Crippen molar-refractivity contribution in [2.75, 3.05) is 6.54 Å². The van der Waals surface area contributed by atoms with Crippen molar-refractivity contribution in [2.24, 2.45) is 5.73 Å². The van der Waals surface area contributed by atoms with Gasteiger partial charge >= 0.3 is 0 Å². The van der Waals surface area contributed by atoms with Crippen molar-refractivity contribution in [3.8, 4) is 11.8 Å². The monoisotopic (exact) mass is 271 g/mol. The average molecular weight is 271 g/mol. The predicted molar refractivity (Wildman–Crippen MR) is 77.9 cm³/mol. The first-order valence-corrected chi connectivity index (χ1v) is 6.51. The van der Waals surface area contributed by atoms with Crippen LogP contribution in [0.4, 0.5) is 4.39 Å². The zero-order valence-corrected chi connectivity index (χ0v) is 12.0. The van der Waals surface area contributed by atoms with Gasteiger partial charge in [-0.05, 0) is 44.0 Å². The van der Waals surface area contributed by atoms with Crippen LogP contribution in [0.2, 0.25) is 0 Å². The number of nitrogens with two attached hydrogens (primary N) is 1. The second-order valence-electron chi connectivity index (χ2n) is 4.76. The van der Waals surface area contributed by atoms with Crippen molar-refractivity contribution in [3.63, 3.8) is 0 Å². The third kappa shape index (κ3) is 2.89. The van der Waals surface area contributed by atoms with Crippen LogP contribution in [0.25, 0.3) is 0 Å². The van der Waals surface area contributed by atoms with E-state index in [1.807, 2.05) is 25.5 Å². The van der Waals surface area contributed by atoms with E-state index in [0.29, 0.717) is 12.1 Å². The molecule has 0 radical (unpaired) electrons. The molecule has 2 N–H and O–H groups in total. The molecule has 1 aromatic carbocycles. The molecule has 0 aliphatic rings. The summed E-state index contributed by atoms with van der Waals surface area (Å²) in [5, 5.41) is 4.50. The Balaban J connectivity index is 2.40. The van der Waals surface area contributed by atoms with Crippen molar-refractivity contribution < 1.29 is 4.39 Å². The first-order valence-electron chi connectivity index (χ1n) is 6.51. The minimum absolute atomic E-state index is 0.259. The summed E-state index contributed by atoms with van der Waals surface area (Å²) in [7, 11) is 0. The molecule has 0 spiro atoms. The number of aryl methyl sites for hydroxylation is 1. The van der Waals surface area contributed by atoms with Gasteiger partial charge in [0.1, 0.15) is 5.82 Å². The van der Waals surface area contributed by atoms with Gasteiger partial charge in [0.25, 0.3) is 0 Å². The minimum atomic E-state index is -0.292. The molecule has 0 bridgehead atoms. The fourth-order valence-electron chi connectivity index (χ4n) is 2.05. The summed E-state index contributed by atoms with van der Waals surface area (Å²) >= 11 is 0. The maximum Gasteiger partial charge on any atom is 0.124 e. The summed E-state index contributed by atoms with van der Waals surface area (Å²) in [5.74, 6) is 5.40. The van der Waals surface area contributed by atoms with Crippen molar-refractivity contribution in [1.29, 1.82) is 0 Å². The van der Waals surface area contributed by atoms with Gasteiger partial charge in [0.15, 0.2) is 0 Å². The lowest BCUT2D eigenvalue weighted by molar-refractivity contribution is 0.621. The first-order chi connectivity index (χ1) is 9.52. The molecule has 2 rings (SSSR count). The molecular weight excluding hydrogens is 253 g/mol. The lowest BCUT2D eigenvalue weighted by Crippen LogP contribution is -2.06. The summed E-state index contributed by atoms with van der Waals surface area (Å²) in [6.07, 6.45) is 0. The summed E-state index contributed by atoms with van der Waals surface area (Å²) in [6.45, 7) is 6.90. The standard InChI is InChI=1S/C16H18FN3/c1-11-12(2)19-20(13(11)3)10-15-6-7-16(17)9-14(15)5-4-8-18/h6-7,9H,8,10,18H2,1-3H3. The molecule has 4 heteroatoms. The van der Waals surface area contributed by atoms with Crippen LogP contribution in [-0.2, 0) is 6.54 Å². The Bertz CT molecular complexity index is 690. The minimum Gasteiger partial charge on any atom is -0.320 e. The maximum absolute atomic E-state index is 13.3. The third-order valence-electron chi connectivity index (χ3n) is 3.46. The molecule has 0 amide bonds. The lowest BCUT2D eigenvalue weighted by atomic mass is 10.1. The Morgan fingerprint density at radius 2 is 2.05 bits per heavy atom. The molecular formula is C16H18FN3. The van der Waals surface area contributed by atoms with Crippen LogP contribution in [-0.4, -0.2) is 16.3 Å². The van der Waals surface area contributed by atoms with Crippen LogP contribution < -0.4 is 5.73 Å². The SMILES string of the molecule is Cc1nn(Cc2ccc(F)cc2C#CCN)c(C)c1C. The second kappa shape index (κ2) is 5.89. The third-order valence-corrected chi connectivity index (χ3v) is 3.46. The molecule has 2 aromatic rings. The first kappa shape index (κ1) is 14.3. The van der Waals surface area contributed by atoms with E-state index in [1.165, 1.54) is 17.7 Å². The molecule has 0 aliphatic heterocycles. The number of aromatic nitrogens is 2. The Hall–Kier alpha value is -2.12. The van der Waals surface area contributed by atoms with Gasteiger partial charge in [0, 0.05) is 11.3 Å². The Morgan fingerprint density at radius 3 is 2.65 bits per heavy atom. The molecule has 104 valence electrons. The van der Waals surface area contributed by atoms with Crippen molar-refractivity contribution in [2.45, 2.75) is 27.3 Å². The zero-order valence-electron chi connectivity index (χ0n) is 12.0. The molecule has 0 saturated heterocycles. The van der Waals surface area contributed by atoms with E-state index in [9.17, 15) is 4.39 Å². The molecule has 0 fully saturated rings. The summed E-state index contributed by atoms with van der Waals surface area (Å²) in [5.41, 5.74) is 10.3. The van der Waals surface area contributed by atoms with Gasteiger partial charge in [0.05, 0.1) is 18.8 Å². The molecule has 0 atom stereocenters. The highest BCUT2D eigenvalue weighted by atomic mass is 19.1. The Morgan fingerprint density at radius 1 is 1.30 bits per heavy atom. The quantitative estimate of drug-likeness (QED) is 0.852. The fourth-order valence-corrected chi connectivity index (χ4v) is 2.05. The van der Waals surface area contributed by atoms with Crippen LogP contribution in [0.3, 0.4) is 0 Å². The normalized spacial score (nSPS) is 10.2. The van der Waals surface area contributed by atoms with Gasteiger partial charge in [-0.1, -0.05) is 17.9 Å². The maximum atomic E-state index is 13.3. The van der Waals surface area contributed by atoms with E-state index in [2.05, 4.69) is 16.9 Å². The lowest BCUT2D eigenvalue weighted by Gasteiger charge is -2.07. The van der Waals surface area contributed by atoms with Crippen LogP contribution in [0, 0.1) is 38.4 Å². The highest BCUT2D eigenvalue weighted by Crippen LogP contribution is 2.16. The van der Waals surface area contributed by atoms with Crippen LogP contribution in [0.15, 0.2) is 18.2 Å². The number of hydrogen-bond acceptors (Lipinski definition) is 2. The van der Waals surface area contributed by atoms with Gasteiger partial charge in [-0.3, -0.25) is 4.68 Å². The fraction of sp³-hybridized carbons (Fsp3) is 0.312. The summed E-state index contributed by atoms with van der Waals surface area (Å²) in [6, 6.07) is 4.64. The Labute approximate surface area is 118 Å². The summed E-state index contributed by atoms with van der Waals surface area (Å²) < 4.78 is 15.3. The molecule has 0 aliphatic carbocycles. The van der Waals surface area contributed by atoms with E-state index in [1.54, 1.807) is 6.07 Å². The van der Waals surface area contributed by atoms with E-state index in [0.717, 1.165) is 17.0 Å². The molecule has 20 heavy (non-hydrogen) atoms. The number of rotatable bonds is 2. The van der Waals surface area contributed by atoms with E-state index >= 15 is 0 Å². The van der Waals surface area contributed by atoms with Gasteiger partial charge in [0.2, 0.25) is 0 Å². The van der Waals surface area contributed by atoms with Crippen LogP contribution in [0.5, 0.6) is 0 Å².